The van der Waals surface area contributed by atoms with Crippen molar-refractivity contribution in [3.05, 3.63) is 47.3 Å². The molecule has 1 aromatic heterocycles. The standard InChI is InChI=1S/C14H16F3N3/c1-3-18-7-11-4-5-13(10(2)6-11)20-9-12(8-19-20)14(15,16)17/h4-6,8-9,18H,3,7H2,1-2H3. The molecule has 0 amide bonds. The SMILES string of the molecule is CCNCc1ccc(-n2cc(C(F)(F)F)cn2)c(C)c1. The molecule has 0 aliphatic rings. The quantitative estimate of drug-likeness (QED) is 0.933. The number of benzene rings is 1. The summed E-state index contributed by atoms with van der Waals surface area (Å²) in [5.74, 6) is 0. The van der Waals surface area contributed by atoms with Crippen LogP contribution in [0, 0.1) is 6.92 Å². The second kappa shape index (κ2) is 5.66. The minimum absolute atomic E-state index is 0.653. The lowest BCUT2D eigenvalue weighted by Crippen LogP contribution is -2.12. The van der Waals surface area contributed by atoms with Gasteiger partial charge in [-0.25, -0.2) is 4.68 Å². The highest BCUT2D eigenvalue weighted by molar-refractivity contribution is 5.42. The summed E-state index contributed by atoms with van der Waals surface area (Å²) in [6.45, 7) is 5.49. The smallest absolute Gasteiger partial charge is 0.313 e. The van der Waals surface area contributed by atoms with E-state index < -0.39 is 11.7 Å². The monoisotopic (exact) mass is 283 g/mol. The number of hydrogen-bond donors (Lipinski definition) is 1. The zero-order valence-corrected chi connectivity index (χ0v) is 11.3. The number of aryl methyl sites for hydroxylation is 1. The molecule has 0 aliphatic carbocycles. The third-order valence-corrected chi connectivity index (χ3v) is 3.00. The molecule has 0 aliphatic heterocycles. The zero-order chi connectivity index (χ0) is 14.8. The molecular formula is C14H16F3N3. The number of halogens is 3. The van der Waals surface area contributed by atoms with E-state index >= 15 is 0 Å². The van der Waals surface area contributed by atoms with E-state index in [2.05, 4.69) is 10.4 Å². The van der Waals surface area contributed by atoms with E-state index in [1.807, 2.05) is 26.0 Å². The number of hydrogen-bond acceptors (Lipinski definition) is 2. The number of rotatable bonds is 4. The first-order valence-electron chi connectivity index (χ1n) is 6.34. The minimum Gasteiger partial charge on any atom is -0.313 e. The van der Waals surface area contributed by atoms with Crippen molar-refractivity contribution < 1.29 is 13.2 Å². The summed E-state index contributed by atoms with van der Waals surface area (Å²) in [6, 6.07) is 5.63. The van der Waals surface area contributed by atoms with Crippen molar-refractivity contribution in [1.29, 1.82) is 0 Å². The van der Waals surface area contributed by atoms with Gasteiger partial charge in [-0.2, -0.15) is 18.3 Å². The van der Waals surface area contributed by atoms with Crippen LogP contribution in [0.4, 0.5) is 13.2 Å². The molecule has 20 heavy (non-hydrogen) atoms. The van der Waals surface area contributed by atoms with Crippen molar-refractivity contribution in [2.45, 2.75) is 26.6 Å². The van der Waals surface area contributed by atoms with Gasteiger partial charge in [0.15, 0.2) is 0 Å². The van der Waals surface area contributed by atoms with Crippen LogP contribution in [0.3, 0.4) is 0 Å². The van der Waals surface area contributed by atoms with Gasteiger partial charge < -0.3 is 5.32 Å². The summed E-state index contributed by atoms with van der Waals surface area (Å²) < 4.78 is 38.9. The Morgan fingerprint density at radius 2 is 2.05 bits per heavy atom. The van der Waals surface area contributed by atoms with E-state index in [1.54, 1.807) is 6.07 Å². The van der Waals surface area contributed by atoms with Crippen molar-refractivity contribution in [3.8, 4) is 5.69 Å². The maximum atomic E-state index is 12.6. The maximum Gasteiger partial charge on any atom is 0.419 e. The van der Waals surface area contributed by atoms with E-state index in [0.29, 0.717) is 5.69 Å². The third kappa shape index (κ3) is 3.19. The normalized spacial score (nSPS) is 11.8. The Balaban J connectivity index is 2.27. The molecule has 0 unspecified atom stereocenters. The van der Waals surface area contributed by atoms with Gasteiger partial charge in [0.1, 0.15) is 0 Å². The van der Waals surface area contributed by atoms with Gasteiger partial charge in [-0.05, 0) is 30.7 Å². The van der Waals surface area contributed by atoms with Crippen LogP contribution in [0.25, 0.3) is 5.69 Å². The molecule has 6 heteroatoms. The Bertz CT molecular complexity index is 588. The molecule has 0 bridgehead atoms. The minimum atomic E-state index is -4.36. The number of alkyl halides is 3. The fourth-order valence-corrected chi connectivity index (χ4v) is 1.95. The lowest BCUT2D eigenvalue weighted by molar-refractivity contribution is -0.137. The van der Waals surface area contributed by atoms with Gasteiger partial charge in [0, 0.05) is 12.7 Å². The highest BCUT2D eigenvalue weighted by atomic mass is 19.4. The van der Waals surface area contributed by atoms with Crippen LogP contribution in [0.1, 0.15) is 23.6 Å². The molecule has 3 nitrogen and oxygen atoms in total. The molecule has 108 valence electrons. The Morgan fingerprint density at radius 1 is 1.30 bits per heavy atom. The molecule has 1 aromatic carbocycles. The third-order valence-electron chi connectivity index (χ3n) is 3.00. The Kier molecular flexibility index (Phi) is 4.13. The molecule has 1 heterocycles. The molecule has 0 saturated heterocycles. The Hall–Kier alpha value is -1.82. The van der Waals surface area contributed by atoms with Crippen molar-refractivity contribution in [3.63, 3.8) is 0 Å². The van der Waals surface area contributed by atoms with Crippen molar-refractivity contribution >= 4 is 0 Å². The van der Waals surface area contributed by atoms with Gasteiger partial charge in [0.05, 0.1) is 17.4 Å². The van der Waals surface area contributed by atoms with Gasteiger partial charge in [-0.3, -0.25) is 0 Å². The highest BCUT2D eigenvalue weighted by Gasteiger charge is 2.32. The van der Waals surface area contributed by atoms with Gasteiger partial charge in [-0.15, -0.1) is 0 Å². The molecule has 0 saturated carbocycles. The molecule has 2 aromatic rings. The van der Waals surface area contributed by atoms with Gasteiger partial charge in [0.25, 0.3) is 0 Å². The number of aromatic nitrogens is 2. The van der Waals surface area contributed by atoms with Crippen molar-refractivity contribution in [2.24, 2.45) is 0 Å². The lowest BCUT2D eigenvalue weighted by Gasteiger charge is -2.09. The zero-order valence-electron chi connectivity index (χ0n) is 11.3. The summed E-state index contributed by atoms with van der Waals surface area (Å²) in [6.07, 6.45) is -2.52. The molecule has 2 rings (SSSR count). The molecule has 0 atom stereocenters. The van der Waals surface area contributed by atoms with Crippen LogP contribution in [-0.2, 0) is 12.7 Å². The predicted molar refractivity (Wildman–Crippen MR) is 70.7 cm³/mol. The summed E-state index contributed by atoms with van der Waals surface area (Å²) in [4.78, 5) is 0. The molecule has 1 N–H and O–H groups in total. The molecule has 0 radical (unpaired) electrons. The molecule has 0 spiro atoms. The van der Waals surface area contributed by atoms with E-state index in [9.17, 15) is 13.2 Å². The second-order valence-electron chi connectivity index (χ2n) is 4.57. The summed E-state index contributed by atoms with van der Waals surface area (Å²) in [5.41, 5.74) is 1.89. The van der Waals surface area contributed by atoms with Gasteiger partial charge in [-0.1, -0.05) is 19.1 Å². The lowest BCUT2D eigenvalue weighted by atomic mass is 10.1. The van der Waals surface area contributed by atoms with Crippen LogP contribution < -0.4 is 5.32 Å². The van der Waals surface area contributed by atoms with Crippen LogP contribution >= 0.6 is 0 Å². The topological polar surface area (TPSA) is 29.9 Å². The van der Waals surface area contributed by atoms with E-state index in [0.717, 1.165) is 36.6 Å². The first kappa shape index (κ1) is 14.6. The van der Waals surface area contributed by atoms with Crippen molar-refractivity contribution in [1.82, 2.24) is 15.1 Å². The summed E-state index contributed by atoms with van der Waals surface area (Å²) in [7, 11) is 0. The average molecular weight is 283 g/mol. The van der Waals surface area contributed by atoms with E-state index in [-0.39, 0.29) is 0 Å². The van der Waals surface area contributed by atoms with E-state index in [4.69, 9.17) is 0 Å². The summed E-state index contributed by atoms with van der Waals surface area (Å²) in [5, 5.41) is 6.99. The summed E-state index contributed by atoms with van der Waals surface area (Å²) >= 11 is 0. The van der Waals surface area contributed by atoms with Crippen LogP contribution in [-0.4, -0.2) is 16.3 Å². The Morgan fingerprint density at radius 3 is 2.60 bits per heavy atom. The average Bonchev–Trinajstić information content (AvgIpc) is 2.85. The van der Waals surface area contributed by atoms with Crippen LogP contribution in [0.15, 0.2) is 30.6 Å². The Labute approximate surface area is 115 Å². The fraction of sp³-hybridized carbons (Fsp3) is 0.357. The number of nitrogens with one attached hydrogen (secondary N) is 1. The predicted octanol–water partition coefficient (Wildman–Crippen LogP) is 3.31. The fourth-order valence-electron chi connectivity index (χ4n) is 1.95. The van der Waals surface area contributed by atoms with Gasteiger partial charge >= 0.3 is 6.18 Å². The second-order valence-corrected chi connectivity index (χ2v) is 4.57. The van der Waals surface area contributed by atoms with Crippen molar-refractivity contribution in [2.75, 3.05) is 6.54 Å². The maximum absolute atomic E-state index is 12.6. The van der Waals surface area contributed by atoms with Gasteiger partial charge in [0.2, 0.25) is 0 Å². The largest absolute Gasteiger partial charge is 0.419 e. The number of nitrogens with zero attached hydrogens (tertiary/aromatic N) is 2. The van der Waals surface area contributed by atoms with Crippen LogP contribution in [0.5, 0.6) is 0 Å². The first-order chi connectivity index (χ1) is 9.41. The van der Waals surface area contributed by atoms with Crippen LogP contribution in [0.2, 0.25) is 0 Å². The first-order valence-corrected chi connectivity index (χ1v) is 6.34. The molecular weight excluding hydrogens is 267 g/mol. The highest BCUT2D eigenvalue weighted by Crippen LogP contribution is 2.29. The van der Waals surface area contributed by atoms with E-state index in [1.165, 1.54) is 4.68 Å². The molecule has 0 fully saturated rings.